The fourth-order valence-corrected chi connectivity index (χ4v) is 3.34. The van der Waals surface area contributed by atoms with Crippen LogP contribution in [0.15, 0.2) is 6.07 Å². The SMILES string of the molecule is C[C@H]1CCc2sc(C(=O)NCC(=O)N(C)C)cc2C1. The standard InChI is InChI=1S/C14H20N2O2S/c1-9-4-5-11-10(6-9)7-12(19-11)14(18)15-8-13(17)16(2)3/h7,9H,4-6,8H2,1-3H3,(H,15,18)/t9-/m0/s1. The quantitative estimate of drug-likeness (QED) is 0.916. The Morgan fingerprint density at radius 1 is 1.47 bits per heavy atom. The van der Waals surface area contributed by atoms with Gasteiger partial charge in [-0.3, -0.25) is 9.59 Å². The summed E-state index contributed by atoms with van der Waals surface area (Å²) in [6, 6.07) is 1.99. The minimum Gasteiger partial charge on any atom is -0.347 e. The molecule has 1 heterocycles. The number of thiophene rings is 1. The maximum Gasteiger partial charge on any atom is 0.261 e. The summed E-state index contributed by atoms with van der Waals surface area (Å²) >= 11 is 1.57. The first-order chi connectivity index (χ1) is 8.97. The van der Waals surface area contributed by atoms with E-state index in [4.69, 9.17) is 0 Å². The highest BCUT2D eigenvalue weighted by molar-refractivity contribution is 7.14. The van der Waals surface area contributed by atoms with Gasteiger partial charge in [0.05, 0.1) is 11.4 Å². The van der Waals surface area contributed by atoms with Crippen LogP contribution in [-0.4, -0.2) is 37.4 Å². The summed E-state index contributed by atoms with van der Waals surface area (Å²) in [7, 11) is 3.36. The summed E-state index contributed by atoms with van der Waals surface area (Å²) in [6.07, 6.45) is 3.34. The Labute approximate surface area is 117 Å². The summed E-state index contributed by atoms with van der Waals surface area (Å²) in [4.78, 5) is 27.0. The van der Waals surface area contributed by atoms with E-state index in [1.807, 2.05) is 6.07 Å². The third-order valence-electron chi connectivity index (χ3n) is 3.45. The topological polar surface area (TPSA) is 49.4 Å². The van der Waals surface area contributed by atoms with Gasteiger partial charge in [-0.1, -0.05) is 6.92 Å². The van der Waals surface area contributed by atoms with Crippen molar-refractivity contribution in [1.82, 2.24) is 10.2 Å². The van der Waals surface area contributed by atoms with Gasteiger partial charge < -0.3 is 10.2 Å². The first-order valence-electron chi connectivity index (χ1n) is 6.57. The molecule has 0 bridgehead atoms. The summed E-state index contributed by atoms with van der Waals surface area (Å²) in [5.41, 5.74) is 1.31. The summed E-state index contributed by atoms with van der Waals surface area (Å²) < 4.78 is 0. The predicted octanol–water partition coefficient (Wildman–Crippen LogP) is 1.69. The van der Waals surface area contributed by atoms with E-state index < -0.39 is 0 Å². The van der Waals surface area contributed by atoms with Crippen LogP contribution in [-0.2, 0) is 17.6 Å². The van der Waals surface area contributed by atoms with Crippen LogP contribution in [0, 0.1) is 5.92 Å². The molecule has 0 unspecified atom stereocenters. The van der Waals surface area contributed by atoms with Crippen LogP contribution in [0.5, 0.6) is 0 Å². The number of nitrogens with one attached hydrogen (secondary N) is 1. The fraction of sp³-hybridized carbons (Fsp3) is 0.571. The summed E-state index contributed by atoms with van der Waals surface area (Å²) in [5, 5.41) is 2.68. The van der Waals surface area contributed by atoms with E-state index in [1.165, 1.54) is 21.8 Å². The number of amides is 2. The van der Waals surface area contributed by atoms with E-state index in [0.29, 0.717) is 5.92 Å². The van der Waals surface area contributed by atoms with Crippen molar-refractivity contribution in [3.8, 4) is 0 Å². The molecule has 4 nitrogen and oxygen atoms in total. The number of carbonyl (C=O) groups excluding carboxylic acids is 2. The largest absolute Gasteiger partial charge is 0.347 e. The number of nitrogens with zero attached hydrogens (tertiary/aromatic N) is 1. The average molecular weight is 280 g/mol. The maximum absolute atomic E-state index is 12.0. The highest BCUT2D eigenvalue weighted by atomic mass is 32.1. The molecule has 0 aliphatic heterocycles. The highest BCUT2D eigenvalue weighted by Gasteiger charge is 2.20. The molecule has 1 atom stereocenters. The van der Waals surface area contributed by atoms with Gasteiger partial charge in [-0.25, -0.2) is 0 Å². The highest BCUT2D eigenvalue weighted by Crippen LogP contribution is 2.32. The van der Waals surface area contributed by atoms with E-state index in [-0.39, 0.29) is 18.4 Å². The molecule has 5 heteroatoms. The van der Waals surface area contributed by atoms with Gasteiger partial charge in [0.25, 0.3) is 5.91 Å². The Kier molecular flexibility index (Phi) is 4.24. The summed E-state index contributed by atoms with van der Waals surface area (Å²) in [6.45, 7) is 2.31. The van der Waals surface area contributed by atoms with Gasteiger partial charge in [0.15, 0.2) is 0 Å². The first kappa shape index (κ1) is 14.1. The number of likely N-dealkylation sites (N-methyl/N-ethyl adjacent to an activating group) is 1. The van der Waals surface area contributed by atoms with Crippen LogP contribution >= 0.6 is 11.3 Å². The third kappa shape index (κ3) is 3.35. The maximum atomic E-state index is 12.0. The molecule has 0 fully saturated rings. The van der Waals surface area contributed by atoms with Gasteiger partial charge in [-0.2, -0.15) is 0 Å². The number of hydrogen-bond donors (Lipinski definition) is 1. The van der Waals surface area contributed by atoms with Crippen molar-refractivity contribution < 1.29 is 9.59 Å². The van der Waals surface area contributed by atoms with Gasteiger partial charge in [0, 0.05) is 19.0 Å². The van der Waals surface area contributed by atoms with E-state index >= 15 is 0 Å². The Morgan fingerprint density at radius 3 is 2.89 bits per heavy atom. The Morgan fingerprint density at radius 2 is 2.21 bits per heavy atom. The second kappa shape index (κ2) is 5.74. The molecule has 0 radical (unpaired) electrons. The molecule has 0 saturated heterocycles. The molecule has 2 amide bonds. The van der Waals surface area contributed by atoms with Crippen molar-refractivity contribution >= 4 is 23.2 Å². The zero-order valence-electron chi connectivity index (χ0n) is 11.7. The normalized spacial score (nSPS) is 17.7. The molecule has 0 saturated carbocycles. The van der Waals surface area contributed by atoms with E-state index in [0.717, 1.165) is 17.7 Å². The van der Waals surface area contributed by atoms with Gasteiger partial charge >= 0.3 is 0 Å². The van der Waals surface area contributed by atoms with Crippen molar-refractivity contribution in [2.24, 2.45) is 5.92 Å². The fourth-order valence-electron chi connectivity index (χ4n) is 2.22. The van der Waals surface area contributed by atoms with Crippen LogP contribution in [0.2, 0.25) is 0 Å². The van der Waals surface area contributed by atoms with Gasteiger partial charge in [0.1, 0.15) is 0 Å². The monoisotopic (exact) mass is 280 g/mol. The van der Waals surface area contributed by atoms with Gasteiger partial charge in [0.2, 0.25) is 5.91 Å². The van der Waals surface area contributed by atoms with Crippen molar-refractivity contribution in [1.29, 1.82) is 0 Å². The minimum absolute atomic E-state index is 0.0603. The zero-order valence-corrected chi connectivity index (χ0v) is 12.5. The Hall–Kier alpha value is -1.36. The third-order valence-corrected chi connectivity index (χ3v) is 4.69. The number of carbonyl (C=O) groups is 2. The lowest BCUT2D eigenvalue weighted by atomic mass is 9.90. The molecule has 1 aliphatic rings. The van der Waals surface area contributed by atoms with Crippen LogP contribution in [0.25, 0.3) is 0 Å². The molecule has 1 aromatic rings. The predicted molar refractivity (Wildman–Crippen MR) is 76.5 cm³/mol. The van der Waals surface area contributed by atoms with Crippen LogP contribution in [0.3, 0.4) is 0 Å². The van der Waals surface area contributed by atoms with Crippen LogP contribution in [0.1, 0.15) is 33.5 Å². The van der Waals surface area contributed by atoms with Gasteiger partial charge in [-0.15, -0.1) is 11.3 Å². The number of aryl methyl sites for hydroxylation is 1. The van der Waals surface area contributed by atoms with E-state index in [2.05, 4.69) is 12.2 Å². The molecule has 104 valence electrons. The first-order valence-corrected chi connectivity index (χ1v) is 7.39. The molecule has 0 spiro atoms. The number of hydrogen-bond acceptors (Lipinski definition) is 3. The van der Waals surface area contributed by atoms with Crippen molar-refractivity contribution in [3.63, 3.8) is 0 Å². The number of fused-ring (bicyclic) bond motifs is 1. The summed E-state index contributed by atoms with van der Waals surface area (Å²) in [5.74, 6) is 0.471. The molecule has 0 aromatic carbocycles. The second-order valence-electron chi connectivity index (χ2n) is 5.38. The van der Waals surface area contributed by atoms with Gasteiger partial charge in [-0.05, 0) is 36.8 Å². The van der Waals surface area contributed by atoms with Crippen molar-refractivity contribution in [2.45, 2.75) is 26.2 Å². The lowest BCUT2D eigenvalue weighted by Crippen LogP contribution is -2.35. The van der Waals surface area contributed by atoms with E-state index in [9.17, 15) is 9.59 Å². The molecule has 19 heavy (non-hydrogen) atoms. The molecule has 1 N–H and O–H groups in total. The Balaban J connectivity index is 1.99. The number of rotatable bonds is 3. The zero-order chi connectivity index (χ0) is 14.0. The second-order valence-corrected chi connectivity index (χ2v) is 6.51. The lowest BCUT2D eigenvalue weighted by molar-refractivity contribution is -0.127. The molecule has 1 aromatic heterocycles. The van der Waals surface area contributed by atoms with Crippen molar-refractivity contribution in [2.75, 3.05) is 20.6 Å². The Bertz CT molecular complexity index is 494. The van der Waals surface area contributed by atoms with Crippen molar-refractivity contribution in [3.05, 3.63) is 21.4 Å². The smallest absolute Gasteiger partial charge is 0.261 e. The van der Waals surface area contributed by atoms with Crippen LogP contribution in [0.4, 0.5) is 0 Å². The molecule has 2 rings (SSSR count). The average Bonchev–Trinajstić information content (AvgIpc) is 2.78. The molecule has 1 aliphatic carbocycles. The molecular formula is C14H20N2O2S. The van der Waals surface area contributed by atoms with Crippen LogP contribution < -0.4 is 5.32 Å². The molecular weight excluding hydrogens is 260 g/mol. The minimum atomic E-state index is -0.137. The van der Waals surface area contributed by atoms with E-state index in [1.54, 1.807) is 25.4 Å². The lowest BCUT2D eigenvalue weighted by Gasteiger charge is -2.16.